The highest BCUT2D eigenvalue weighted by atomic mass is 35.5. The number of hydrogen-bond donors (Lipinski definition) is 1. The Bertz CT molecular complexity index is 353. The van der Waals surface area contributed by atoms with E-state index in [2.05, 4.69) is 5.32 Å². The molecule has 1 unspecified atom stereocenters. The van der Waals surface area contributed by atoms with E-state index in [4.69, 9.17) is 16.3 Å². The Hall–Kier alpha value is -0.640. The first-order valence-corrected chi connectivity index (χ1v) is 5.88. The van der Waals surface area contributed by atoms with Gasteiger partial charge < -0.3 is 10.1 Å². The van der Waals surface area contributed by atoms with Crippen LogP contribution in [-0.4, -0.2) is 19.2 Å². The van der Waals surface area contributed by atoms with E-state index in [1.807, 2.05) is 0 Å². The van der Waals surface area contributed by atoms with Gasteiger partial charge in [-0.2, -0.15) is 0 Å². The van der Waals surface area contributed by atoms with Crippen molar-refractivity contribution < 1.29 is 9.13 Å². The Balaban J connectivity index is 1.80. The topological polar surface area (TPSA) is 21.3 Å². The van der Waals surface area contributed by atoms with Crippen LogP contribution in [0.4, 0.5) is 4.39 Å². The van der Waals surface area contributed by atoms with E-state index >= 15 is 0 Å². The molecule has 0 radical (unpaired) electrons. The van der Waals surface area contributed by atoms with Gasteiger partial charge in [0, 0.05) is 16.6 Å². The Labute approximate surface area is 99.7 Å². The van der Waals surface area contributed by atoms with E-state index in [-0.39, 0.29) is 5.82 Å². The van der Waals surface area contributed by atoms with Crippen LogP contribution in [0.25, 0.3) is 0 Å². The van der Waals surface area contributed by atoms with Crippen molar-refractivity contribution in [3.8, 4) is 0 Å². The first-order valence-electron chi connectivity index (χ1n) is 5.51. The van der Waals surface area contributed by atoms with Crippen molar-refractivity contribution in [1.29, 1.82) is 0 Å². The molecule has 1 N–H and O–H groups in total. The summed E-state index contributed by atoms with van der Waals surface area (Å²) in [5.41, 5.74) is 0.558. The Morgan fingerprint density at radius 2 is 2.38 bits per heavy atom. The van der Waals surface area contributed by atoms with Crippen LogP contribution in [0.5, 0.6) is 0 Å². The number of benzene rings is 1. The summed E-state index contributed by atoms with van der Waals surface area (Å²) in [6.07, 6.45) is 2.34. The lowest BCUT2D eigenvalue weighted by Crippen LogP contribution is -2.26. The first kappa shape index (κ1) is 11.8. The van der Waals surface area contributed by atoms with Crippen molar-refractivity contribution in [2.24, 2.45) is 0 Å². The minimum Gasteiger partial charge on any atom is -0.375 e. The van der Waals surface area contributed by atoms with Gasteiger partial charge in [-0.3, -0.25) is 0 Å². The summed E-state index contributed by atoms with van der Waals surface area (Å²) < 4.78 is 18.8. The fraction of sp³-hybridized carbons (Fsp3) is 0.500. The summed E-state index contributed by atoms with van der Waals surface area (Å²) in [5, 5.41) is 3.74. The van der Waals surface area contributed by atoms with Crippen LogP contribution in [0.2, 0.25) is 5.02 Å². The van der Waals surface area contributed by atoms with Crippen LogP contribution in [0.1, 0.15) is 18.4 Å². The largest absolute Gasteiger partial charge is 0.375 e. The van der Waals surface area contributed by atoms with Crippen LogP contribution in [-0.2, 0) is 11.3 Å². The molecular weight excluding hydrogens is 229 g/mol. The highest BCUT2D eigenvalue weighted by molar-refractivity contribution is 6.30. The average molecular weight is 244 g/mol. The Kier molecular flexibility index (Phi) is 4.16. The van der Waals surface area contributed by atoms with E-state index in [0.29, 0.717) is 29.8 Å². The Morgan fingerprint density at radius 3 is 3.06 bits per heavy atom. The Morgan fingerprint density at radius 1 is 1.50 bits per heavy atom. The summed E-state index contributed by atoms with van der Waals surface area (Å²) in [7, 11) is 0. The third-order valence-electron chi connectivity index (χ3n) is 2.75. The number of nitrogens with one attached hydrogen (secondary N) is 1. The van der Waals surface area contributed by atoms with Crippen molar-refractivity contribution >= 4 is 11.6 Å². The van der Waals surface area contributed by atoms with E-state index in [1.54, 1.807) is 12.1 Å². The van der Waals surface area contributed by atoms with Crippen molar-refractivity contribution in [3.05, 3.63) is 34.6 Å². The highest BCUT2D eigenvalue weighted by Crippen LogP contribution is 2.15. The average Bonchev–Trinajstić information content (AvgIpc) is 2.74. The quantitative estimate of drug-likeness (QED) is 0.878. The molecule has 0 amide bonds. The molecule has 4 heteroatoms. The van der Waals surface area contributed by atoms with Gasteiger partial charge in [0.25, 0.3) is 0 Å². The fourth-order valence-electron chi connectivity index (χ4n) is 1.85. The molecule has 16 heavy (non-hydrogen) atoms. The van der Waals surface area contributed by atoms with Gasteiger partial charge in [0.1, 0.15) is 5.82 Å². The predicted octanol–water partition coefficient (Wildman–Crippen LogP) is 2.75. The second-order valence-electron chi connectivity index (χ2n) is 4.04. The predicted molar refractivity (Wildman–Crippen MR) is 62.1 cm³/mol. The lowest BCUT2D eigenvalue weighted by Gasteiger charge is -2.11. The molecule has 0 spiro atoms. The summed E-state index contributed by atoms with van der Waals surface area (Å²) >= 11 is 5.66. The van der Waals surface area contributed by atoms with Gasteiger partial charge in [-0.05, 0) is 31.5 Å². The molecule has 0 aromatic heterocycles. The molecule has 1 atom stereocenters. The number of halogens is 2. The molecule has 0 saturated carbocycles. The molecule has 1 aromatic rings. The van der Waals surface area contributed by atoms with E-state index in [0.717, 1.165) is 13.0 Å². The maximum absolute atomic E-state index is 13.4. The molecule has 1 aromatic carbocycles. The molecule has 1 saturated heterocycles. The number of rotatable bonds is 4. The molecule has 0 aliphatic carbocycles. The molecule has 88 valence electrons. The minimum atomic E-state index is -0.299. The third kappa shape index (κ3) is 3.17. The zero-order valence-corrected chi connectivity index (χ0v) is 9.77. The smallest absolute Gasteiger partial charge is 0.130 e. The zero-order chi connectivity index (χ0) is 11.4. The second-order valence-corrected chi connectivity index (χ2v) is 4.48. The molecule has 1 heterocycles. The molecule has 1 aliphatic rings. The molecule has 2 rings (SSSR count). The highest BCUT2D eigenvalue weighted by Gasteiger charge is 2.14. The standard InChI is InChI=1S/C12H15ClFNO/c13-10-4-3-9(12(14)6-10)7-16-8-11-2-1-5-15-11/h3-4,6,11,15H,1-2,5,7-8H2. The van der Waals surface area contributed by atoms with Gasteiger partial charge in [-0.1, -0.05) is 17.7 Å². The SMILES string of the molecule is Fc1cc(Cl)ccc1COCC1CCCN1. The van der Waals surface area contributed by atoms with Crippen molar-refractivity contribution in [1.82, 2.24) is 5.32 Å². The van der Waals surface area contributed by atoms with Gasteiger partial charge in [0.2, 0.25) is 0 Å². The molecule has 1 aliphatic heterocycles. The van der Waals surface area contributed by atoms with Crippen LogP contribution < -0.4 is 5.32 Å². The van der Waals surface area contributed by atoms with Gasteiger partial charge in [0.15, 0.2) is 0 Å². The van der Waals surface area contributed by atoms with Gasteiger partial charge >= 0.3 is 0 Å². The van der Waals surface area contributed by atoms with Crippen LogP contribution >= 0.6 is 11.6 Å². The van der Waals surface area contributed by atoms with Crippen LogP contribution in [0.3, 0.4) is 0 Å². The molecule has 1 fully saturated rings. The van der Waals surface area contributed by atoms with E-state index < -0.39 is 0 Å². The maximum atomic E-state index is 13.4. The van der Waals surface area contributed by atoms with Gasteiger partial charge in [0.05, 0.1) is 13.2 Å². The monoisotopic (exact) mass is 243 g/mol. The summed E-state index contributed by atoms with van der Waals surface area (Å²) in [5.74, 6) is -0.299. The van der Waals surface area contributed by atoms with E-state index in [1.165, 1.54) is 12.5 Å². The third-order valence-corrected chi connectivity index (χ3v) is 2.99. The second kappa shape index (κ2) is 5.62. The molecular formula is C12H15ClFNO. The fourth-order valence-corrected chi connectivity index (χ4v) is 2.01. The lowest BCUT2D eigenvalue weighted by molar-refractivity contribution is 0.101. The first-order chi connectivity index (χ1) is 7.75. The van der Waals surface area contributed by atoms with Crippen molar-refractivity contribution in [3.63, 3.8) is 0 Å². The van der Waals surface area contributed by atoms with Crippen molar-refractivity contribution in [2.45, 2.75) is 25.5 Å². The zero-order valence-electron chi connectivity index (χ0n) is 9.01. The van der Waals surface area contributed by atoms with Gasteiger partial charge in [-0.25, -0.2) is 4.39 Å². The lowest BCUT2D eigenvalue weighted by atomic mass is 10.2. The van der Waals surface area contributed by atoms with Crippen LogP contribution in [0, 0.1) is 5.82 Å². The molecule has 0 bridgehead atoms. The summed E-state index contributed by atoms with van der Waals surface area (Å²) in [4.78, 5) is 0. The normalized spacial score (nSPS) is 20.2. The summed E-state index contributed by atoms with van der Waals surface area (Å²) in [6.45, 7) is 2.01. The van der Waals surface area contributed by atoms with Crippen molar-refractivity contribution in [2.75, 3.05) is 13.2 Å². The number of hydrogen-bond acceptors (Lipinski definition) is 2. The minimum absolute atomic E-state index is 0.299. The van der Waals surface area contributed by atoms with Gasteiger partial charge in [-0.15, -0.1) is 0 Å². The number of ether oxygens (including phenoxy) is 1. The van der Waals surface area contributed by atoms with E-state index in [9.17, 15) is 4.39 Å². The maximum Gasteiger partial charge on any atom is 0.130 e. The van der Waals surface area contributed by atoms with Crippen LogP contribution in [0.15, 0.2) is 18.2 Å². The molecule has 2 nitrogen and oxygen atoms in total. The summed E-state index contributed by atoms with van der Waals surface area (Å²) in [6, 6.07) is 5.08.